The average Bonchev–Trinajstić information content (AvgIpc) is 2.34. The lowest BCUT2D eigenvalue weighted by Gasteiger charge is -2.30. The highest BCUT2D eigenvalue weighted by Gasteiger charge is 2.31. The maximum absolute atomic E-state index is 13.0. The molecule has 0 aliphatic rings. The second kappa shape index (κ2) is 6.89. The third-order valence-electron chi connectivity index (χ3n) is 2.84. The molecule has 5 nitrogen and oxygen atoms in total. The number of hydrogen-bond donors (Lipinski definition) is 1. The lowest BCUT2D eigenvalue weighted by Crippen LogP contribution is -2.50. The van der Waals surface area contributed by atoms with Crippen LogP contribution in [0.3, 0.4) is 0 Å². The van der Waals surface area contributed by atoms with Gasteiger partial charge in [0.15, 0.2) is 0 Å². The fraction of sp³-hybridized carbons (Fsp3) is 0.500. The monoisotopic (exact) mass is 316 g/mol. The lowest BCUT2D eigenvalue weighted by atomic mass is 10.1. The van der Waals surface area contributed by atoms with Gasteiger partial charge in [-0.1, -0.05) is 6.92 Å². The third kappa shape index (κ3) is 4.70. The summed E-state index contributed by atoms with van der Waals surface area (Å²) in [5, 5.41) is 2.71. The molecule has 1 atom stereocenters. The number of anilines is 1. The van der Waals surface area contributed by atoms with E-state index in [1.54, 1.807) is 20.8 Å². The van der Waals surface area contributed by atoms with Gasteiger partial charge in [-0.05, 0) is 44.5 Å². The van der Waals surface area contributed by atoms with Crippen LogP contribution in [0.15, 0.2) is 24.3 Å². The number of nitrogens with one attached hydrogen (secondary N) is 1. The summed E-state index contributed by atoms with van der Waals surface area (Å²) in [5.41, 5.74) is 0.268. The van der Waals surface area contributed by atoms with Crippen LogP contribution in [-0.4, -0.2) is 32.7 Å². The number of amides is 1. The summed E-state index contributed by atoms with van der Waals surface area (Å²) in [6.45, 7) is 5.33. The Morgan fingerprint density at radius 3 is 2.19 bits per heavy atom. The summed E-state index contributed by atoms with van der Waals surface area (Å²) in [7, 11) is -3.67. The molecule has 1 rings (SSSR count). The Hall–Kier alpha value is -1.63. The highest BCUT2D eigenvalue weighted by molar-refractivity contribution is 7.92. The molecule has 0 heterocycles. The minimum atomic E-state index is -3.67. The van der Waals surface area contributed by atoms with Gasteiger partial charge >= 0.3 is 0 Å². The van der Waals surface area contributed by atoms with Gasteiger partial charge in [-0.15, -0.1) is 0 Å². The van der Waals surface area contributed by atoms with Crippen molar-refractivity contribution in [3.63, 3.8) is 0 Å². The summed E-state index contributed by atoms with van der Waals surface area (Å²) in [6.07, 6.45) is 1.34. The van der Waals surface area contributed by atoms with E-state index in [1.165, 1.54) is 24.3 Å². The molecule has 1 amide bonds. The summed E-state index contributed by atoms with van der Waals surface area (Å²) in [4.78, 5) is 12.2. The fourth-order valence-electron chi connectivity index (χ4n) is 2.03. The highest BCUT2D eigenvalue weighted by Crippen LogP contribution is 2.22. The molecule has 21 heavy (non-hydrogen) atoms. The van der Waals surface area contributed by atoms with Crippen LogP contribution >= 0.6 is 0 Å². The summed E-state index contributed by atoms with van der Waals surface area (Å²) >= 11 is 0. The van der Waals surface area contributed by atoms with E-state index in [9.17, 15) is 17.6 Å². The molecule has 1 unspecified atom stereocenters. The van der Waals surface area contributed by atoms with E-state index in [4.69, 9.17) is 0 Å². The van der Waals surface area contributed by atoms with E-state index < -0.39 is 21.9 Å². The van der Waals surface area contributed by atoms with Gasteiger partial charge < -0.3 is 5.32 Å². The van der Waals surface area contributed by atoms with Crippen LogP contribution in [0.2, 0.25) is 0 Å². The largest absolute Gasteiger partial charge is 0.352 e. The molecule has 0 bridgehead atoms. The van der Waals surface area contributed by atoms with Gasteiger partial charge in [0.25, 0.3) is 0 Å². The van der Waals surface area contributed by atoms with Gasteiger partial charge in [0.05, 0.1) is 11.9 Å². The molecule has 0 fully saturated rings. The number of benzene rings is 1. The summed E-state index contributed by atoms with van der Waals surface area (Å²) in [5.74, 6) is -0.839. The molecule has 1 aromatic carbocycles. The predicted octanol–water partition coefficient (Wildman–Crippen LogP) is 1.89. The van der Waals surface area contributed by atoms with E-state index in [-0.39, 0.29) is 17.6 Å². The Kier molecular flexibility index (Phi) is 5.71. The minimum Gasteiger partial charge on any atom is -0.352 e. The van der Waals surface area contributed by atoms with Crippen molar-refractivity contribution in [2.24, 2.45) is 0 Å². The van der Waals surface area contributed by atoms with Gasteiger partial charge in [0.1, 0.15) is 11.9 Å². The highest BCUT2D eigenvalue weighted by atomic mass is 32.2. The van der Waals surface area contributed by atoms with E-state index in [0.29, 0.717) is 6.42 Å². The molecule has 0 spiro atoms. The van der Waals surface area contributed by atoms with Crippen LogP contribution in [0.25, 0.3) is 0 Å². The number of nitrogens with zero attached hydrogens (tertiary/aromatic N) is 1. The first-order valence-electron chi connectivity index (χ1n) is 6.72. The summed E-state index contributed by atoms with van der Waals surface area (Å²) < 4.78 is 38.2. The van der Waals surface area contributed by atoms with Crippen molar-refractivity contribution < 1.29 is 17.6 Å². The molecular weight excluding hydrogens is 295 g/mol. The maximum Gasteiger partial charge on any atom is 0.244 e. The third-order valence-corrected chi connectivity index (χ3v) is 4.02. The van der Waals surface area contributed by atoms with Gasteiger partial charge in [-0.3, -0.25) is 9.10 Å². The van der Waals surface area contributed by atoms with Gasteiger partial charge in [0, 0.05) is 6.04 Å². The van der Waals surface area contributed by atoms with Crippen molar-refractivity contribution in [2.45, 2.75) is 39.3 Å². The smallest absolute Gasteiger partial charge is 0.244 e. The first-order chi connectivity index (χ1) is 9.66. The lowest BCUT2D eigenvalue weighted by molar-refractivity contribution is -0.122. The van der Waals surface area contributed by atoms with Crippen molar-refractivity contribution in [2.75, 3.05) is 10.6 Å². The standard InChI is InChI=1S/C14H21FN2O3S/c1-5-13(14(18)16-10(2)3)17(21(4,19)20)12-8-6-11(15)7-9-12/h6-10,13H,5H2,1-4H3,(H,16,18). The van der Waals surface area contributed by atoms with Crippen LogP contribution in [0.1, 0.15) is 27.2 Å². The predicted molar refractivity (Wildman–Crippen MR) is 81.1 cm³/mol. The molecule has 0 aromatic heterocycles. The zero-order valence-electron chi connectivity index (χ0n) is 12.6. The number of hydrogen-bond acceptors (Lipinski definition) is 3. The molecule has 1 N–H and O–H groups in total. The van der Waals surface area contributed by atoms with Gasteiger partial charge in [-0.25, -0.2) is 12.8 Å². The second-order valence-electron chi connectivity index (χ2n) is 5.12. The van der Waals surface area contributed by atoms with E-state index >= 15 is 0 Å². The number of carbonyl (C=O) groups excluding carboxylic acids is 1. The van der Waals surface area contributed by atoms with E-state index in [1.807, 2.05) is 0 Å². The van der Waals surface area contributed by atoms with Crippen LogP contribution in [-0.2, 0) is 14.8 Å². The number of rotatable bonds is 6. The van der Waals surface area contributed by atoms with Crippen molar-refractivity contribution >= 4 is 21.6 Å². The second-order valence-corrected chi connectivity index (χ2v) is 6.98. The molecule has 7 heteroatoms. The zero-order valence-corrected chi connectivity index (χ0v) is 13.4. The molecule has 118 valence electrons. The van der Waals surface area contributed by atoms with Crippen molar-refractivity contribution in [1.29, 1.82) is 0 Å². The minimum absolute atomic E-state index is 0.0961. The zero-order chi connectivity index (χ0) is 16.2. The van der Waals surface area contributed by atoms with Gasteiger partial charge in [0.2, 0.25) is 15.9 Å². The van der Waals surface area contributed by atoms with Crippen molar-refractivity contribution in [1.82, 2.24) is 5.32 Å². The Balaban J connectivity index is 3.23. The molecule has 0 radical (unpaired) electrons. The Labute approximate surface area is 125 Å². The fourth-order valence-corrected chi connectivity index (χ4v) is 3.24. The Morgan fingerprint density at radius 2 is 1.81 bits per heavy atom. The number of halogens is 1. The van der Waals surface area contributed by atoms with E-state index in [2.05, 4.69) is 5.32 Å². The van der Waals surface area contributed by atoms with Crippen LogP contribution < -0.4 is 9.62 Å². The normalized spacial score (nSPS) is 13.0. The first-order valence-corrected chi connectivity index (χ1v) is 8.57. The Morgan fingerprint density at radius 1 is 1.29 bits per heavy atom. The van der Waals surface area contributed by atoms with Crippen LogP contribution in [0.4, 0.5) is 10.1 Å². The van der Waals surface area contributed by atoms with E-state index in [0.717, 1.165) is 10.6 Å². The maximum atomic E-state index is 13.0. The molecule has 0 saturated carbocycles. The molecule has 0 aliphatic carbocycles. The average molecular weight is 316 g/mol. The quantitative estimate of drug-likeness (QED) is 0.871. The number of sulfonamides is 1. The summed E-state index contributed by atoms with van der Waals surface area (Å²) in [6, 6.07) is 4.07. The van der Waals surface area contributed by atoms with Crippen LogP contribution in [0.5, 0.6) is 0 Å². The first kappa shape index (κ1) is 17.4. The number of carbonyl (C=O) groups is 1. The molecule has 0 saturated heterocycles. The molecular formula is C14H21FN2O3S. The SMILES string of the molecule is CCC(C(=O)NC(C)C)N(c1ccc(F)cc1)S(C)(=O)=O. The van der Waals surface area contributed by atoms with Gasteiger partial charge in [-0.2, -0.15) is 0 Å². The van der Waals surface area contributed by atoms with Crippen LogP contribution in [0, 0.1) is 5.82 Å². The molecule has 0 aliphatic heterocycles. The molecule has 1 aromatic rings. The van der Waals surface area contributed by atoms with Crippen molar-refractivity contribution in [3.05, 3.63) is 30.1 Å². The van der Waals surface area contributed by atoms with Crippen molar-refractivity contribution in [3.8, 4) is 0 Å². The topological polar surface area (TPSA) is 66.5 Å². The Bertz CT molecular complexity index is 585.